The molecule has 7 heteroatoms. The van der Waals surface area contributed by atoms with Crippen LogP contribution >= 0.6 is 0 Å². The number of unbranched alkanes of at least 4 members (excludes halogenated alkanes) is 9. The molecule has 0 aromatic heterocycles. The second kappa shape index (κ2) is 18.6. The number of aromatic hydroxyl groups is 1. The van der Waals surface area contributed by atoms with E-state index in [0.717, 1.165) is 13.0 Å². The highest BCUT2D eigenvalue weighted by atomic mass is 16.7. The second-order valence-corrected chi connectivity index (χ2v) is 9.30. The molecule has 0 heterocycles. The minimum Gasteiger partial charge on any atom is -0.506 e. The first-order chi connectivity index (χ1) is 18.1. The molecule has 1 unspecified atom stereocenters. The first-order valence-corrected chi connectivity index (χ1v) is 14.0. The first kappa shape index (κ1) is 30.6. The molecular weight excluding hydrogens is 470 g/mol. The van der Waals surface area contributed by atoms with Crippen molar-refractivity contribution in [3.63, 3.8) is 0 Å². The van der Waals surface area contributed by atoms with Crippen molar-refractivity contribution >= 4 is 23.0 Å². The van der Waals surface area contributed by atoms with Crippen LogP contribution in [0.5, 0.6) is 11.5 Å². The van der Waals surface area contributed by atoms with Gasteiger partial charge < -0.3 is 24.6 Å². The molecule has 0 radical (unpaired) electrons. The molecular formula is C30H45NO6. The van der Waals surface area contributed by atoms with Crippen LogP contribution in [0.2, 0.25) is 0 Å². The number of benzene rings is 2. The number of rotatable bonds is 21. The summed E-state index contributed by atoms with van der Waals surface area (Å²) in [5.41, 5.74) is 0.0844. The molecule has 0 saturated carbocycles. The summed E-state index contributed by atoms with van der Waals surface area (Å²) in [6, 6.07) is 8.46. The monoisotopic (exact) mass is 515 g/mol. The number of aldehydes is 1. The van der Waals surface area contributed by atoms with Crippen molar-refractivity contribution in [2.24, 2.45) is 0 Å². The van der Waals surface area contributed by atoms with Crippen LogP contribution in [-0.2, 0) is 14.3 Å². The summed E-state index contributed by atoms with van der Waals surface area (Å²) in [4.78, 5) is 24.1. The molecule has 1 atom stereocenters. The van der Waals surface area contributed by atoms with Gasteiger partial charge in [0.25, 0.3) is 12.2 Å². The number of nitrogens with one attached hydrogen (secondary N) is 1. The summed E-state index contributed by atoms with van der Waals surface area (Å²) in [5.74, 6) is -0.248. The Hall–Kier alpha value is -2.64. The van der Waals surface area contributed by atoms with Crippen molar-refractivity contribution in [3.8, 4) is 11.5 Å². The third kappa shape index (κ3) is 11.1. The number of phenols is 1. The molecule has 0 aliphatic heterocycles. The number of hydrogen-bond acceptors (Lipinski definition) is 6. The Labute approximate surface area is 221 Å². The number of fused-ring (bicyclic) bond motifs is 1. The SMILES string of the molecule is CCCCCCCCCCCCOCCCNC(=O)c1cc(OC(C=O)OCC)c2ccccc2c1O. The molecule has 0 aliphatic rings. The lowest BCUT2D eigenvalue weighted by Crippen LogP contribution is -2.26. The fraction of sp³-hybridized carbons (Fsp3) is 0.600. The fourth-order valence-electron chi connectivity index (χ4n) is 4.25. The van der Waals surface area contributed by atoms with Crippen LogP contribution < -0.4 is 10.1 Å². The molecule has 0 spiro atoms. The number of ether oxygens (including phenoxy) is 3. The van der Waals surface area contributed by atoms with E-state index in [2.05, 4.69) is 12.2 Å². The van der Waals surface area contributed by atoms with Crippen molar-refractivity contribution in [2.45, 2.75) is 90.8 Å². The highest BCUT2D eigenvalue weighted by Crippen LogP contribution is 2.36. The van der Waals surface area contributed by atoms with E-state index in [9.17, 15) is 14.7 Å². The van der Waals surface area contributed by atoms with Crippen LogP contribution in [0.4, 0.5) is 0 Å². The molecule has 0 bridgehead atoms. The maximum absolute atomic E-state index is 12.8. The van der Waals surface area contributed by atoms with Gasteiger partial charge in [-0.05, 0) is 25.8 Å². The molecule has 2 aromatic rings. The largest absolute Gasteiger partial charge is 0.506 e. The standard InChI is InChI=1S/C30H45NO6/c1-3-5-6-7-8-9-10-11-12-15-20-35-21-16-19-31-30(34)26-22-27(37-28(23-32)36-4-2)24-17-13-14-18-25(24)29(26)33/h13-14,17-18,22-23,28,33H,3-12,15-16,19-21H2,1-2H3,(H,31,34). The van der Waals surface area contributed by atoms with Gasteiger partial charge in [-0.25, -0.2) is 0 Å². The topological polar surface area (TPSA) is 94.1 Å². The maximum Gasteiger partial charge on any atom is 0.256 e. The lowest BCUT2D eigenvalue weighted by molar-refractivity contribution is -0.135. The fourth-order valence-corrected chi connectivity index (χ4v) is 4.25. The van der Waals surface area contributed by atoms with Crippen LogP contribution in [0, 0.1) is 0 Å². The predicted molar refractivity (Wildman–Crippen MR) is 147 cm³/mol. The smallest absolute Gasteiger partial charge is 0.256 e. The van der Waals surface area contributed by atoms with E-state index in [4.69, 9.17) is 14.2 Å². The Morgan fingerprint density at radius 2 is 1.54 bits per heavy atom. The zero-order chi connectivity index (χ0) is 26.7. The van der Waals surface area contributed by atoms with Crippen LogP contribution in [0.15, 0.2) is 30.3 Å². The second-order valence-electron chi connectivity index (χ2n) is 9.30. The Balaban J connectivity index is 1.71. The van der Waals surface area contributed by atoms with Crippen LogP contribution in [0.25, 0.3) is 10.8 Å². The van der Waals surface area contributed by atoms with Gasteiger partial charge in [-0.3, -0.25) is 9.59 Å². The molecule has 0 aliphatic carbocycles. The van der Waals surface area contributed by atoms with Gasteiger partial charge in [0.2, 0.25) is 0 Å². The third-order valence-corrected chi connectivity index (χ3v) is 6.30. The van der Waals surface area contributed by atoms with Gasteiger partial charge in [0, 0.05) is 37.1 Å². The maximum atomic E-state index is 12.8. The van der Waals surface area contributed by atoms with Crippen LogP contribution in [0.1, 0.15) is 94.8 Å². The van der Waals surface area contributed by atoms with Gasteiger partial charge in [0.15, 0.2) is 6.29 Å². The third-order valence-electron chi connectivity index (χ3n) is 6.30. The van der Waals surface area contributed by atoms with Gasteiger partial charge in [-0.1, -0.05) is 89.0 Å². The van der Waals surface area contributed by atoms with E-state index in [1.807, 2.05) is 0 Å². The highest BCUT2D eigenvalue weighted by Gasteiger charge is 2.20. The molecule has 2 N–H and O–H groups in total. The van der Waals surface area contributed by atoms with Gasteiger partial charge in [0.1, 0.15) is 11.5 Å². The molecule has 0 fully saturated rings. The van der Waals surface area contributed by atoms with Crippen molar-refractivity contribution in [3.05, 3.63) is 35.9 Å². The van der Waals surface area contributed by atoms with Crippen molar-refractivity contribution < 1.29 is 28.9 Å². The number of carbonyl (C=O) groups excluding carboxylic acids is 2. The summed E-state index contributed by atoms with van der Waals surface area (Å²) >= 11 is 0. The zero-order valence-corrected chi connectivity index (χ0v) is 22.6. The van der Waals surface area contributed by atoms with Crippen LogP contribution in [0.3, 0.4) is 0 Å². The number of carbonyl (C=O) groups is 2. The average Bonchev–Trinajstić information content (AvgIpc) is 2.91. The van der Waals surface area contributed by atoms with Gasteiger partial charge in [-0.15, -0.1) is 0 Å². The summed E-state index contributed by atoms with van der Waals surface area (Å²) < 4.78 is 16.7. The van der Waals surface area contributed by atoms with Crippen molar-refractivity contribution in [2.75, 3.05) is 26.4 Å². The van der Waals surface area contributed by atoms with E-state index in [1.165, 1.54) is 63.9 Å². The number of amides is 1. The molecule has 1 amide bonds. The lowest BCUT2D eigenvalue weighted by atomic mass is 10.0. The quantitative estimate of drug-likeness (QED) is 0.111. The number of hydrogen-bond donors (Lipinski definition) is 2. The average molecular weight is 516 g/mol. The summed E-state index contributed by atoms with van der Waals surface area (Å²) in [6.45, 7) is 6.05. The van der Waals surface area contributed by atoms with E-state index >= 15 is 0 Å². The van der Waals surface area contributed by atoms with E-state index in [-0.39, 0.29) is 11.3 Å². The summed E-state index contributed by atoms with van der Waals surface area (Å²) in [7, 11) is 0. The lowest BCUT2D eigenvalue weighted by Gasteiger charge is -2.17. The highest BCUT2D eigenvalue weighted by molar-refractivity contribution is 6.05. The zero-order valence-electron chi connectivity index (χ0n) is 22.6. The minimum absolute atomic E-state index is 0.0844. The van der Waals surface area contributed by atoms with E-state index < -0.39 is 12.2 Å². The van der Waals surface area contributed by atoms with Crippen molar-refractivity contribution in [1.82, 2.24) is 5.32 Å². The summed E-state index contributed by atoms with van der Waals surface area (Å²) in [6.07, 6.45) is 13.1. The first-order valence-electron chi connectivity index (χ1n) is 14.0. The predicted octanol–water partition coefficient (Wildman–Crippen LogP) is 6.54. The molecule has 0 saturated heterocycles. The molecule has 206 valence electrons. The van der Waals surface area contributed by atoms with Crippen molar-refractivity contribution in [1.29, 1.82) is 0 Å². The number of phenolic OH excluding ortho intramolecular Hbond substituents is 1. The molecule has 2 rings (SSSR count). The molecule has 7 nitrogen and oxygen atoms in total. The Kier molecular flexibility index (Phi) is 15.4. The Morgan fingerprint density at radius 3 is 2.19 bits per heavy atom. The summed E-state index contributed by atoms with van der Waals surface area (Å²) in [5, 5.41) is 14.6. The molecule has 2 aromatic carbocycles. The molecule has 37 heavy (non-hydrogen) atoms. The Bertz CT molecular complexity index is 932. The van der Waals surface area contributed by atoms with Gasteiger partial charge in [-0.2, -0.15) is 0 Å². The Morgan fingerprint density at radius 1 is 0.919 bits per heavy atom. The van der Waals surface area contributed by atoms with Crippen LogP contribution in [-0.4, -0.2) is 50.0 Å². The normalized spacial score (nSPS) is 11.9. The minimum atomic E-state index is -1.10. The van der Waals surface area contributed by atoms with E-state index in [0.29, 0.717) is 49.0 Å². The van der Waals surface area contributed by atoms with E-state index in [1.54, 1.807) is 31.2 Å². The van der Waals surface area contributed by atoms with Gasteiger partial charge in [0.05, 0.1) is 5.56 Å². The van der Waals surface area contributed by atoms with Gasteiger partial charge >= 0.3 is 0 Å².